The highest BCUT2D eigenvalue weighted by atomic mass is 35.5. The summed E-state index contributed by atoms with van der Waals surface area (Å²) in [5, 5.41) is 3.31. The molecule has 168 valence electrons. The van der Waals surface area contributed by atoms with E-state index in [1.165, 1.54) is 11.8 Å². The second-order valence-electron chi connectivity index (χ2n) is 8.89. The van der Waals surface area contributed by atoms with Gasteiger partial charge in [0.25, 0.3) is 5.91 Å². The van der Waals surface area contributed by atoms with Crippen LogP contribution in [-0.2, 0) is 24.7 Å². The van der Waals surface area contributed by atoms with Crippen LogP contribution in [0.2, 0.25) is 5.02 Å². The van der Waals surface area contributed by atoms with Gasteiger partial charge in [-0.2, -0.15) is 0 Å². The van der Waals surface area contributed by atoms with Crippen molar-refractivity contribution in [1.29, 1.82) is 0 Å². The number of para-hydroxylation sites is 1. The molecule has 8 nitrogen and oxygen atoms in total. The number of carbonyl (C=O) groups excluding carboxylic acids is 4. The Kier molecular flexibility index (Phi) is 4.25. The van der Waals surface area contributed by atoms with Crippen LogP contribution in [0.15, 0.2) is 42.5 Å². The highest BCUT2D eigenvalue weighted by Crippen LogP contribution is 2.61. The van der Waals surface area contributed by atoms with Crippen molar-refractivity contribution in [1.82, 2.24) is 4.90 Å². The maximum Gasteiger partial charge on any atom is 0.308 e. The van der Waals surface area contributed by atoms with E-state index in [1.807, 2.05) is 6.07 Å². The first-order valence-corrected chi connectivity index (χ1v) is 11.3. The summed E-state index contributed by atoms with van der Waals surface area (Å²) >= 11 is 6.39. The lowest BCUT2D eigenvalue weighted by Gasteiger charge is -2.36. The number of nitrogens with zero attached hydrogens (tertiary/aromatic N) is 2. The SMILES string of the molecule is CC(=O)Oc1ccc(N2C(=O)[C@H]3[C@@H](C2=O)[C@]2(C(=O)Nc4c(Cl)cccc42)N2CCC[C@@H]32)cc1. The van der Waals surface area contributed by atoms with Gasteiger partial charge in [-0.25, -0.2) is 4.90 Å². The number of carbonyl (C=O) groups is 4. The quantitative estimate of drug-likeness (QED) is 0.416. The number of benzene rings is 2. The Morgan fingerprint density at radius 3 is 2.61 bits per heavy atom. The van der Waals surface area contributed by atoms with Crippen molar-refractivity contribution in [2.75, 3.05) is 16.8 Å². The Hall–Kier alpha value is -3.23. The first-order chi connectivity index (χ1) is 15.9. The molecule has 0 radical (unpaired) electrons. The Bertz CT molecular complexity index is 1250. The number of ether oxygens (including phenoxy) is 1. The van der Waals surface area contributed by atoms with Crippen LogP contribution < -0.4 is 15.0 Å². The van der Waals surface area contributed by atoms with E-state index in [0.717, 1.165) is 12.8 Å². The van der Waals surface area contributed by atoms with E-state index in [-0.39, 0.29) is 17.9 Å². The molecular formula is C24H20ClN3O5. The molecule has 4 aliphatic heterocycles. The lowest BCUT2D eigenvalue weighted by atomic mass is 9.75. The van der Waals surface area contributed by atoms with Gasteiger partial charge >= 0.3 is 5.97 Å². The van der Waals surface area contributed by atoms with Crippen molar-refractivity contribution < 1.29 is 23.9 Å². The van der Waals surface area contributed by atoms with E-state index in [0.29, 0.717) is 34.3 Å². The third-order valence-electron chi connectivity index (χ3n) is 7.33. The molecule has 1 spiro atoms. The number of anilines is 2. The fourth-order valence-corrected chi connectivity index (χ4v) is 6.50. The number of esters is 1. The van der Waals surface area contributed by atoms with Crippen molar-refractivity contribution in [2.45, 2.75) is 31.3 Å². The van der Waals surface area contributed by atoms with Gasteiger partial charge in [-0.3, -0.25) is 24.1 Å². The van der Waals surface area contributed by atoms with Gasteiger partial charge in [0.2, 0.25) is 11.8 Å². The fourth-order valence-electron chi connectivity index (χ4n) is 6.28. The minimum absolute atomic E-state index is 0.201. The standard InChI is InChI=1S/C24H20ClN3O5/c1-12(29)33-14-9-7-13(8-10-14)28-21(30)18-17-6-3-11-27(17)24(19(18)22(28)31)15-4-2-5-16(25)20(15)26-23(24)32/h2,4-5,7-10,17-19H,3,6,11H2,1H3,(H,26,32)/t17-,18+,19-,24+/m0/s1. The minimum atomic E-state index is -1.26. The molecule has 0 saturated carbocycles. The third-order valence-corrected chi connectivity index (χ3v) is 7.65. The number of amides is 3. The Morgan fingerprint density at radius 2 is 1.88 bits per heavy atom. The molecule has 3 saturated heterocycles. The maximum atomic E-state index is 13.9. The summed E-state index contributed by atoms with van der Waals surface area (Å²) in [5.41, 5.74) is 0.304. The topological polar surface area (TPSA) is 96.0 Å². The lowest BCUT2D eigenvalue weighted by Crippen LogP contribution is -2.54. The Morgan fingerprint density at radius 1 is 1.12 bits per heavy atom. The number of hydrogen-bond donors (Lipinski definition) is 1. The average Bonchev–Trinajstić information content (AvgIpc) is 3.48. The van der Waals surface area contributed by atoms with Gasteiger partial charge in [0.05, 0.1) is 28.2 Å². The van der Waals surface area contributed by atoms with Gasteiger partial charge in [-0.05, 0) is 49.7 Å². The first kappa shape index (κ1) is 20.4. The molecule has 1 N–H and O–H groups in total. The van der Waals surface area contributed by atoms with Crippen molar-refractivity contribution in [3.8, 4) is 5.75 Å². The number of fused-ring (bicyclic) bond motifs is 7. The largest absolute Gasteiger partial charge is 0.427 e. The molecule has 4 aliphatic rings. The van der Waals surface area contributed by atoms with Gasteiger partial charge in [-0.1, -0.05) is 23.7 Å². The second-order valence-corrected chi connectivity index (χ2v) is 9.30. The summed E-state index contributed by atoms with van der Waals surface area (Å²) in [6, 6.07) is 11.3. The molecule has 4 heterocycles. The molecule has 2 aromatic carbocycles. The van der Waals surface area contributed by atoms with E-state index in [2.05, 4.69) is 10.2 Å². The van der Waals surface area contributed by atoms with E-state index >= 15 is 0 Å². The molecule has 0 unspecified atom stereocenters. The molecule has 4 atom stereocenters. The molecule has 0 aromatic heterocycles. The lowest BCUT2D eigenvalue weighted by molar-refractivity contribution is -0.135. The van der Waals surface area contributed by atoms with E-state index in [1.54, 1.807) is 36.4 Å². The zero-order chi connectivity index (χ0) is 23.1. The number of halogens is 1. The van der Waals surface area contributed by atoms with Crippen LogP contribution in [0.25, 0.3) is 0 Å². The van der Waals surface area contributed by atoms with Crippen LogP contribution in [0.4, 0.5) is 11.4 Å². The number of hydrogen-bond acceptors (Lipinski definition) is 6. The van der Waals surface area contributed by atoms with E-state index < -0.39 is 29.3 Å². The molecule has 2 aromatic rings. The summed E-state index contributed by atoms with van der Waals surface area (Å²) in [4.78, 5) is 55.6. The van der Waals surface area contributed by atoms with Crippen molar-refractivity contribution in [3.63, 3.8) is 0 Å². The molecule has 33 heavy (non-hydrogen) atoms. The highest BCUT2D eigenvalue weighted by molar-refractivity contribution is 6.35. The minimum Gasteiger partial charge on any atom is -0.427 e. The molecule has 6 rings (SSSR count). The predicted molar refractivity (Wildman–Crippen MR) is 119 cm³/mol. The van der Waals surface area contributed by atoms with Crippen LogP contribution in [0.5, 0.6) is 5.75 Å². The van der Waals surface area contributed by atoms with Crippen molar-refractivity contribution >= 4 is 46.7 Å². The maximum absolute atomic E-state index is 13.9. The van der Waals surface area contributed by atoms with E-state index in [4.69, 9.17) is 16.3 Å². The third kappa shape index (κ3) is 2.50. The summed E-state index contributed by atoms with van der Waals surface area (Å²) in [6.07, 6.45) is 1.59. The van der Waals surface area contributed by atoms with Crippen LogP contribution in [0.1, 0.15) is 25.3 Å². The molecule has 0 bridgehead atoms. The van der Waals surface area contributed by atoms with Crippen molar-refractivity contribution in [3.05, 3.63) is 53.1 Å². The zero-order valence-corrected chi connectivity index (χ0v) is 18.5. The Balaban J connectivity index is 1.47. The number of imide groups is 1. The first-order valence-electron chi connectivity index (χ1n) is 10.9. The number of rotatable bonds is 2. The molecule has 9 heteroatoms. The van der Waals surface area contributed by atoms with Gasteiger partial charge in [0.1, 0.15) is 11.3 Å². The molecular weight excluding hydrogens is 446 g/mol. The van der Waals surface area contributed by atoms with Crippen LogP contribution in [0.3, 0.4) is 0 Å². The second kappa shape index (κ2) is 6.88. The van der Waals surface area contributed by atoms with E-state index in [9.17, 15) is 19.2 Å². The van der Waals surface area contributed by atoms with Gasteiger partial charge in [0, 0.05) is 18.5 Å². The normalized spacial score (nSPS) is 29.9. The Labute approximate surface area is 194 Å². The summed E-state index contributed by atoms with van der Waals surface area (Å²) in [5.74, 6) is -2.61. The molecule has 3 amide bonds. The average molecular weight is 466 g/mol. The monoisotopic (exact) mass is 465 g/mol. The summed E-state index contributed by atoms with van der Waals surface area (Å²) in [6.45, 7) is 1.93. The molecule has 3 fully saturated rings. The summed E-state index contributed by atoms with van der Waals surface area (Å²) in [7, 11) is 0. The summed E-state index contributed by atoms with van der Waals surface area (Å²) < 4.78 is 5.06. The van der Waals surface area contributed by atoms with Crippen LogP contribution in [0, 0.1) is 11.8 Å². The number of nitrogens with one attached hydrogen (secondary N) is 1. The van der Waals surface area contributed by atoms with Gasteiger partial charge in [0.15, 0.2) is 0 Å². The smallest absolute Gasteiger partial charge is 0.308 e. The predicted octanol–water partition coefficient (Wildman–Crippen LogP) is 2.70. The highest BCUT2D eigenvalue weighted by Gasteiger charge is 2.74. The van der Waals surface area contributed by atoms with Crippen molar-refractivity contribution in [2.24, 2.45) is 11.8 Å². The fraction of sp³-hybridized carbons (Fsp3) is 0.333. The zero-order valence-electron chi connectivity index (χ0n) is 17.7. The van der Waals surface area contributed by atoms with Gasteiger partial charge < -0.3 is 10.1 Å². The van der Waals surface area contributed by atoms with Crippen LogP contribution in [-0.4, -0.2) is 41.2 Å². The van der Waals surface area contributed by atoms with Crippen LogP contribution >= 0.6 is 11.6 Å². The molecule has 0 aliphatic carbocycles. The van der Waals surface area contributed by atoms with Gasteiger partial charge in [-0.15, -0.1) is 0 Å².